The largest absolute Gasteiger partial charge is 0.289 e. The molecular formula is C32H63N2OPS. The van der Waals surface area contributed by atoms with Crippen LogP contribution in [0, 0.1) is 13.8 Å². The van der Waals surface area contributed by atoms with E-state index in [9.17, 15) is 0 Å². The maximum Gasteiger partial charge on any atom is 0.216 e. The van der Waals surface area contributed by atoms with Crippen molar-refractivity contribution in [1.82, 2.24) is 9.34 Å². The van der Waals surface area contributed by atoms with E-state index in [-0.39, 0.29) is 0 Å². The zero-order valence-electron chi connectivity index (χ0n) is 25.8. The lowest BCUT2D eigenvalue weighted by Gasteiger charge is -2.40. The van der Waals surface area contributed by atoms with Crippen molar-refractivity contribution in [3.05, 3.63) is 21.4 Å². The van der Waals surface area contributed by atoms with Crippen LogP contribution in [0.25, 0.3) is 0 Å². The Balaban J connectivity index is 3.21. The summed E-state index contributed by atoms with van der Waals surface area (Å²) >= 11 is 1.90. The summed E-state index contributed by atoms with van der Waals surface area (Å²) in [7, 11) is -2.64. The molecule has 0 N–H and O–H groups in total. The van der Waals surface area contributed by atoms with Crippen molar-refractivity contribution in [2.45, 2.75) is 151 Å². The van der Waals surface area contributed by atoms with Crippen molar-refractivity contribution in [3.8, 4) is 0 Å². The summed E-state index contributed by atoms with van der Waals surface area (Å²) in [5.41, 5.74) is 1.43. The highest BCUT2D eigenvalue weighted by molar-refractivity contribution is 7.59. The first kappa shape index (κ1) is 34.9. The minimum absolute atomic E-state index is 0.813. The molecule has 0 atom stereocenters. The molecule has 0 amide bonds. The third-order valence-corrected chi connectivity index (χ3v) is 12.2. The number of hydrogen-bond donors (Lipinski definition) is 0. The highest BCUT2D eigenvalue weighted by Crippen LogP contribution is 2.54. The Kier molecular flexibility index (Phi) is 20.4. The molecule has 37 heavy (non-hydrogen) atoms. The summed E-state index contributed by atoms with van der Waals surface area (Å²) in [4.78, 5) is 2.80. The number of thiophene rings is 1. The molecule has 0 saturated heterocycles. The maximum absolute atomic E-state index is 15.4. The fraction of sp³-hybridized carbons (Fsp3) is 0.875. The molecule has 0 unspecified atom stereocenters. The Morgan fingerprint density at radius 3 is 1.30 bits per heavy atom. The summed E-state index contributed by atoms with van der Waals surface area (Å²) in [6, 6.07) is 2.35. The van der Waals surface area contributed by atoms with Crippen molar-refractivity contribution >= 4 is 18.8 Å². The number of nitrogens with zero attached hydrogens (tertiary/aromatic N) is 2. The fourth-order valence-electron chi connectivity index (χ4n) is 5.39. The summed E-state index contributed by atoms with van der Waals surface area (Å²) in [6.07, 6.45) is 21.7. The monoisotopic (exact) mass is 554 g/mol. The lowest BCUT2D eigenvalue weighted by molar-refractivity contribution is 0.310. The number of rotatable bonds is 25. The Hall–Kier alpha value is -0.150. The van der Waals surface area contributed by atoms with Gasteiger partial charge in [-0.3, -0.25) is 4.57 Å². The molecule has 0 fully saturated rings. The van der Waals surface area contributed by atoms with E-state index in [2.05, 4.69) is 56.9 Å². The van der Waals surface area contributed by atoms with Gasteiger partial charge in [0.2, 0.25) is 7.44 Å². The second-order valence-corrected chi connectivity index (χ2v) is 15.6. The van der Waals surface area contributed by atoms with Gasteiger partial charge >= 0.3 is 0 Å². The van der Waals surface area contributed by atoms with Crippen LogP contribution in [0.4, 0.5) is 0 Å². The molecule has 0 aromatic carbocycles. The highest BCUT2D eigenvalue weighted by Gasteiger charge is 2.36. The number of hydrogen-bond acceptors (Lipinski definition) is 2. The predicted octanol–water partition coefficient (Wildman–Crippen LogP) is 11.0. The Bertz CT molecular complexity index is 664. The van der Waals surface area contributed by atoms with Gasteiger partial charge in [-0.1, -0.05) is 105 Å². The van der Waals surface area contributed by atoms with Crippen molar-refractivity contribution in [2.75, 3.05) is 32.3 Å². The summed E-state index contributed by atoms with van der Waals surface area (Å²) < 4.78 is 20.5. The maximum atomic E-state index is 15.4. The molecule has 218 valence electrons. The second kappa shape index (κ2) is 21.6. The summed E-state index contributed by atoms with van der Waals surface area (Å²) in [6.45, 7) is 17.6. The van der Waals surface area contributed by atoms with Crippen molar-refractivity contribution < 1.29 is 4.57 Å². The molecule has 3 nitrogen and oxygen atoms in total. The fourth-order valence-corrected chi connectivity index (χ4v) is 9.64. The molecule has 1 heterocycles. The molecule has 0 aliphatic heterocycles. The van der Waals surface area contributed by atoms with E-state index in [1.165, 1.54) is 118 Å². The van der Waals surface area contributed by atoms with E-state index < -0.39 is 7.44 Å². The molecule has 0 spiro atoms. The standard InChI is InChI=1S/C32H63N2OPS/c1-7-11-15-19-24-33(25-20-16-12-8-2)36(35,28-23-32-29-30(5)37-31(32)6)34(26-21-17-13-9-3)27-22-18-14-10-4/h29H,7-28H2,1-6H3. The normalized spacial score (nSPS) is 12.3. The number of aryl methyl sites for hydroxylation is 3. The lowest BCUT2D eigenvalue weighted by atomic mass is 10.2. The van der Waals surface area contributed by atoms with E-state index in [0.717, 1.165) is 38.8 Å². The van der Waals surface area contributed by atoms with Crippen molar-refractivity contribution in [3.63, 3.8) is 0 Å². The van der Waals surface area contributed by atoms with Gasteiger partial charge in [-0.05, 0) is 57.6 Å². The first-order chi connectivity index (χ1) is 17.9. The average molecular weight is 555 g/mol. The predicted molar refractivity (Wildman–Crippen MR) is 170 cm³/mol. The molecule has 5 heteroatoms. The van der Waals surface area contributed by atoms with E-state index in [1.54, 1.807) is 0 Å². The van der Waals surface area contributed by atoms with Gasteiger partial charge in [-0.15, -0.1) is 11.3 Å². The van der Waals surface area contributed by atoms with E-state index in [1.807, 2.05) is 11.3 Å². The second-order valence-electron chi connectivity index (χ2n) is 11.2. The Morgan fingerprint density at radius 2 is 1.00 bits per heavy atom. The minimum Gasteiger partial charge on any atom is -0.289 e. The highest BCUT2D eigenvalue weighted by atomic mass is 32.1. The van der Waals surface area contributed by atoms with Gasteiger partial charge in [-0.25, -0.2) is 9.34 Å². The minimum atomic E-state index is -2.64. The Morgan fingerprint density at radius 1 is 0.622 bits per heavy atom. The Labute approximate surface area is 236 Å². The van der Waals surface area contributed by atoms with Gasteiger partial charge < -0.3 is 0 Å². The van der Waals surface area contributed by atoms with Crippen LogP contribution in [-0.2, 0) is 11.0 Å². The van der Waals surface area contributed by atoms with Gasteiger partial charge in [0, 0.05) is 42.1 Å². The van der Waals surface area contributed by atoms with Crippen molar-refractivity contribution in [1.29, 1.82) is 0 Å². The van der Waals surface area contributed by atoms with Crippen LogP contribution in [0.2, 0.25) is 0 Å². The molecule has 1 aromatic heterocycles. The quantitative estimate of drug-likeness (QED) is 0.0887. The van der Waals surface area contributed by atoms with E-state index in [4.69, 9.17) is 0 Å². The summed E-state index contributed by atoms with van der Waals surface area (Å²) in [5, 5.41) is 0. The molecule has 1 aromatic rings. The van der Waals surface area contributed by atoms with Crippen LogP contribution in [-0.4, -0.2) is 41.7 Å². The zero-order valence-corrected chi connectivity index (χ0v) is 27.5. The van der Waals surface area contributed by atoms with Gasteiger partial charge in [0.1, 0.15) is 0 Å². The molecule has 0 aliphatic rings. The number of unbranched alkanes of at least 4 members (excludes halogenated alkanes) is 12. The third-order valence-electron chi connectivity index (χ3n) is 7.78. The van der Waals surface area contributed by atoms with Crippen LogP contribution in [0.1, 0.15) is 146 Å². The van der Waals surface area contributed by atoms with Crippen LogP contribution >= 0.6 is 18.8 Å². The molecule has 1 rings (SSSR count). The van der Waals surface area contributed by atoms with Crippen LogP contribution in [0.15, 0.2) is 6.07 Å². The van der Waals surface area contributed by atoms with Crippen molar-refractivity contribution in [2.24, 2.45) is 0 Å². The van der Waals surface area contributed by atoms with Gasteiger partial charge in [0.25, 0.3) is 0 Å². The van der Waals surface area contributed by atoms with Crippen LogP contribution in [0.5, 0.6) is 0 Å². The molecule has 0 radical (unpaired) electrons. The molecule has 0 bridgehead atoms. The molecular weight excluding hydrogens is 491 g/mol. The molecule has 0 aliphatic carbocycles. The first-order valence-corrected chi connectivity index (χ1v) is 18.7. The smallest absolute Gasteiger partial charge is 0.216 e. The average Bonchev–Trinajstić information content (AvgIpc) is 3.21. The van der Waals surface area contributed by atoms with Crippen LogP contribution < -0.4 is 0 Å². The van der Waals surface area contributed by atoms with Gasteiger partial charge in [0.05, 0.1) is 0 Å². The lowest BCUT2D eigenvalue weighted by Crippen LogP contribution is -2.36. The third kappa shape index (κ3) is 14.2. The van der Waals surface area contributed by atoms with E-state index in [0.29, 0.717) is 0 Å². The first-order valence-electron chi connectivity index (χ1n) is 16.1. The topological polar surface area (TPSA) is 23.6 Å². The zero-order chi connectivity index (χ0) is 27.4. The van der Waals surface area contributed by atoms with E-state index >= 15 is 4.57 Å². The van der Waals surface area contributed by atoms with Crippen LogP contribution in [0.3, 0.4) is 0 Å². The SMILES string of the molecule is CCCCCCN(CCCCCC)P(=O)(CCc1cc(C)sc1C)N(CCCCCC)CCCCCC. The molecule has 0 saturated carbocycles. The van der Waals surface area contributed by atoms with Gasteiger partial charge in [-0.2, -0.15) is 0 Å². The summed E-state index contributed by atoms with van der Waals surface area (Å²) in [5.74, 6) is 0. The van der Waals surface area contributed by atoms with Gasteiger partial charge in [0.15, 0.2) is 0 Å².